The molecule has 0 saturated carbocycles. The van der Waals surface area contributed by atoms with E-state index in [9.17, 15) is 14.0 Å². The summed E-state index contributed by atoms with van der Waals surface area (Å²) in [7, 11) is 0. The second-order valence-corrected chi connectivity index (χ2v) is 4.19. The van der Waals surface area contributed by atoms with E-state index in [4.69, 9.17) is 17.2 Å². The second-order valence-electron chi connectivity index (χ2n) is 4.19. The molecule has 19 heavy (non-hydrogen) atoms. The average Bonchev–Trinajstić information content (AvgIpc) is 2.27. The summed E-state index contributed by atoms with van der Waals surface area (Å²) in [6.07, 6.45) is 0. The molecular formula is C12H17FN4O2. The molecular weight excluding hydrogens is 251 g/mol. The van der Waals surface area contributed by atoms with E-state index < -0.39 is 17.6 Å². The molecule has 0 spiro atoms. The Bertz CT molecular complexity index is 463. The van der Waals surface area contributed by atoms with Gasteiger partial charge in [-0.1, -0.05) is 6.07 Å². The van der Waals surface area contributed by atoms with Gasteiger partial charge in [0, 0.05) is 13.1 Å². The number of halogens is 1. The molecule has 1 rings (SSSR count). The summed E-state index contributed by atoms with van der Waals surface area (Å²) in [5.41, 5.74) is 17.1. The minimum absolute atomic E-state index is 0.135. The van der Waals surface area contributed by atoms with Crippen LogP contribution in [-0.2, 0) is 22.7 Å². The minimum Gasteiger partial charge on any atom is -0.369 e. The van der Waals surface area contributed by atoms with Crippen LogP contribution in [0.2, 0.25) is 0 Å². The first-order chi connectivity index (χ1) is 8.92. The van der Waals surface area contributed by atoms with Gasteiger partial charge < -0.3 is 17.2 Å². The number of hydrogen-bond acceptors (Lipinski definition) is 4. The molecule has 0 radical (unpaired) electrons. The number of carbonyl (C=O) groups is 2. The minimum atomic E-state index is -0.591. The fourth-order valence-corrected chi connectivity index (χ4v) is 1.79. The third kappa shape index (κ3) is 5.02. The topological polar surface area (TPSA) is 115 Å². The Morgan fingerprint density at radius 3 is 2.16 bits per heavy atom. The predicted molar refractivity (Wildman–Crippen MR) is 68.0 cm³/mol. The Morgan fingerprint density at radius 2 is 1.68 bits per heavy atom. The summed E-state index contributed by atoms with van der Waals surface area (Å²) < 4.78 is 13.2. The Balaban J connectivity index is 2.90. The highest BCUT2D eigenvalue weighted by atomic mass is 19.1. The molecule has 1 aromatic carbocycles. The van der Waals surface area contributed by atoms with E-state index in [1.807, 2.05) is 0 Å². The highest BCUT2D eigenvalue weighted by Crippen LogP contribution is 2.13. The fourth-order valence-electron chi connectivity index (χ4n) is 1.79. The van der Waals surface area contributed by atoms with Gasteiger partial charge in [-0.05, 0) is 23.3 Å². The molecule has 2 amide bonds. The molecule has 6 N–H and O–H groups in total. The quantitative estimate of drug-likeness (QED) is 0.591. The van der Waals surface area contributed by atoms with Crippen molar-refractivity contribution in [2.45, 2.75) is 13.1 Å². The molecule has 0 fully saturated rings. The van der Waals surface area contributed by atoms with E-state index in [0.29, 0.717) is 5.56 Å². The molecule has 0 aromatic heterocycles. The van der Waals surface area contributed by atoms with Crippen molar-refractivity contribution in [3.8, 4) is 0 Å². The van der Waals surface area contributed by atoms with Gasteiger partial charge >= 0.3 is 0 Å². The number of nitrogens with two attached hydrogens (primary N) is 3. The van der Waals surface area contributed by atoms with Crippen molar-refractivity contribution in [2.24, 2.45) is 17.2 Å². The predicted octanol–water partition coefficient (Wildman–Crippen LogP) is -0.943. The Kier molecular flexibility index (Phi) is 5.40. The second kappa shape index (κ2) is 6.81. The highest BCUT2D eigenvalue weighted by Gasteiger charge is 2.14. The molecule has 6 nitrogen and oxygen atoms in total. The zero-order valence-electron chi connectivity index (χ0n) is 10.4. The van der Waals surface area contributed by atoms with Gasteiger partial charge in [0.2, 0.25) is 11.8 Å². The number of benzene rings is 1. The van der Waals surface area contributed by atoms with Crippen molar-refractivity contribution in [2.75, 3.05) is 13.1 Å². The van der Waals surface area contributed by atoms with E-state index in [-0.39, 0.29) is 26.2 Å². The van der Waals surface area contributed by atoms with Crippen LogP contribution in [-0.4, -0.2) is 29.8 Å². The van der Waals surface area contributed by atoms with Crippen molar-refractivity contribution in [3.63, 3.8) is 0 Å². The Hall–Kier alpha value is -1.99. The zero-order chi connectivity index (χ0) is 14.4. The van der Waals surface area contributed by atoms with Gasteiger partial charge in [-0.25, -0.2) is 4.39 Å². The van der Waals surface area contributed by atoms with Crippen LogP contribution in [0.25, 0.3) is 0 Å². The van der Waals surface area contributed by atoms with Crippen LogP contribution in [0.3, 0.4) is 0 Å². The van der Waals surface area contributed by atoms with E-state index in [2.05, 4.69) is 0 Å². The van der Waals surface area contributed by atoms with E-state index in [1.165, 1.54) is 17.0 Å². The van der Waals surface area contributed by atoms with E-state index in [0.717, 1.165) is 5.56 Å². The number of primary amides is 2. The van der Waals surface area contributed by atoms with Crippen LogP contribution in [0, 0.1) is 5.82 Å². The molecule has 0 unspecified atom stereocenters. The van der Waals surface area contributed by atoms with Crippen molar-refractivity contribution in [1.82, 2.24) is 4.90 Å². The maximum absolute atomic E-state index is 13.2. The zero-order valence-corrected chi connectivity index (χ0v) is 10.4. The standard InChI is InChI=1S/C12H17FN4O2/c13-10-2-1-8(4-14)9(3-10)5-17(6-11(15)18)7-12(16)19/h1-3H,4-7,14H2,(H2,15,18)(H2,16,19). The number of carbonyl (C=O) groups excluding carboxylic acids is 2. The lowest BCUT2D eigenvalue weighted by Crippen LogP contribution is -2.39. The van der Waals surface area contributed by atoms with Gasteiger partial charge in [-0.2, -0.15) is 0 Å². The lowest BCUT2D eigenvalue weighted by atomic mass is 10.1. The summed E-state index contributed by atoms with van der Waals surface area (Å²) in [5, 5.41) is 0. The van der Waals surface area contributed by atoms with Crippen LogP contribution < -0.4 is 17.2 Å². The van der Waals surface area contributed by atoms with Crippen molar-refractivity contribution >= 4 is 11.8 Å². The van der Waals surface area contributed by atoms with Crippen LogP contribution >= 0.6 is 0 Å². The maximum Gasteiger partial charge on any atom is 0.231 e. The first-order valence-electron chi connectivity index (χ1n) is 5.68. The molecule has 0 aliphatic heterocycles. The SMILES string of the molecule is NCc1ccc(F)cc1CN(CC(N)=O)CC(N)=O. The summed E-state index contributed by atoms with van der Waals surface area (Å²) in [6.45, 7) is 0.139. The van der Waals surface area contributed by atoms with Gasteiger partial charge in [-0.15, -0.1) is 0 Å². The lowest BCUT2D eigenvalue weighted by Gasteiger charge is -2.20. The number of rotatable bonds is 7. The first kappa shape index (κ1) is 15.1. The van der Waals surface area contributed by atoms with Gasteiger partial charge in [0.25, 0.3) is 0 Å². The van der Waals surface area contributed by atoms with Gasteiger partial charge in [-0.3, -0.25) is 14.5 Å². The highest BCUT2D eigenvalue weighted by molar-refractivity contribution is 5.79. The van der Waals surface area contributed by atoms with Crippen molar-refractivity contribution in [3.05, 3.63) is 35.1 Å². The monoisotopic (exact) mass is 268 g/mol. The average molecular weight is 268 g/mol. The molecule has 0 bridgehead atoms. The normalized spacial score (nSPS) is 10.7. The molecule has 1 aromatic rings. The summed E-state index contributed by atoms with van der Waals surface area (Å²) in [6, 6.07) is 4.19. The van der Waals surface area contributed by atoms with Gasteiger partial charge in [0.05, 0.1) is 13.1 Å². The molecule has 0 heterocycles. The Labute approximate surface area is 110 Å². The molecule has 7 heteroatoms. The van der Waals surface area contributed by atoms with E-state index in [1.54, 1.807) is 6.07 Å². The van der Waals surface area contributed by atoms with Crippen molar-refractivity contribution < 1.29 is 14.0 Å². The number of hydrogen-bond donors (Lipinski definition) is 3. The number of amides is 2. The fraction of sp³-hybridized carbons (Fsp3) is 0.333. The molecule has 0 aliphatic rings. The summed E-state index contributed by atoms with van der Waals surface area (Å²) in [4.78, 5) is 23.3. The summed E-state index contributed by atoms with van der Waals surface area (Å²) >= 11 is 0. The number of nitrogens with zero attached hydrogens (tertiary/aromatic N) is 1. The third-order valence-corrected chi connectivity index (χ3v) is 2.54. The Morgan fingerprint density at radius 1 is 1.11 bits per heavy atom. The maximum atomic E-state index is 13.2. The molecule has 0 aliphatic carbocycles. The van der Waals surface area contributed by atoms with Crippen LogP contribution in [0.1, 0.15) is 11.1 Å². The molecule has 0 saturated heterocycles. The largest absolute Gasteiger partial charge is 0.369 e. The first-order valence-corrected chi connectivity index (χ1v) is 5.68. The smallest absolute Gasteiger partial charge is 0.231 e. The lowest BCUT2D eigenvalue weighted by molar-refractivity contribution is -0.122. The third-order valence-electron chi connectivity index (χ3n) is 2.54. The van der Waals surface area contributed by atoms with E-state index >= 15 is 0 Å². The van der Waals surface area contributed by atoms with Gasteiger partial charge in [0.15, 0.2) is 0 Å². The van der Waals surface area contributed by atoms with Crippen molar-refractivity contribution in [1.29, 1.82) is 0 Å². The van der Waals surface area contributed by atoms with Crippen LogP contribution in [0.4, 0.5) is 4.39 Å². The van der Waals surface area contributed by atoms with Crippen LogP contribution in [0.15, 0.2) is 18.2 Å². The van der Waals surface area contributed by atoms with Gasteiger partial charge in [0.1, 0.15) is 5.82 Å². The summed E-state index contributed by atoms with van der Waals surface area (Å²) in [5.74, 6) is -1.59. The molecule has 0 atom stereocenters. The molecule has 104 valence electrons. The van der Waals surface area contributed by atoms with Crippen LogP contribution in [0.5, 0.6) is 0 Å².